The molecule has 6 aromatic heterocycles. The number of aryl methyl sites for hydroxylation is 2. The summed E-state index contributed by atoms with van der Waals surface area (Å²) >= 11 is 0. The minimum absolute atomic E-state index is 0.143. The normalized spacial score (nSPS) is 11.1. The van der Waals surface area contributed by atoms with Crippen LogP contribution in [0.15, 0.2) is 225 Å². The van der Waals surface area contributed by atoms with Crippen LogP contribution in [0.2, 0.25) is 0 Å². The number of hydrogen-bond acceptors (Lipinski definition) is 20. The van der Waals surface area contributed by atoms with Gasteiger partial charge in [-0.2, -0.15) is 10.2 Å². The molecule has 0 saturated carbocycles. The highest BCUT2D eigenvalue weighted by Crippen LogP contribution is 2.35. The smallest absolute Gasteiger partial charge is 0.418 e. The second kappa shape index (κ2) is 36.8. The SMILES string of the molecule is COCCNC(=O)c1cnc(Nc2cc(COc3ccc(N)c4ccccc34)ccn2)cn1.COCCNC(=O)c1cnc(Nc2cc(COc3ccc(NC(=O)Nc4cc(C(C)(C)C)nn4-c4ccc(C)cc4)c4ccccc34)ccn2)cn1.Cc1ccc(-n2nc(C(C)(C)C)cc2NC(=O)Oc2ccccc2)cc1. The number of nitrogens with one attached hydrogen (secondary N) is 7. The number of urea groups is 1. The first-order valence-corrected chi connectivity index (χ1v) is 35.7. The van der Waals surface area contributed by atoms with Crippen LogP contribution in [0.25, 0.3) is 32.9 Å². The molecular weight excluding hydrogens is 1410 g/mol. The van der Waals surface area contributed by atoms with E-state index < -0.39 is 12.1 Å². The number of para-hydroxylation sites is 1. The molecule has 0 fully saturated rings. The summed E-state index contributed by atoms with van der Waals surface area (Å²) < 4.78 is 31.0. The highest BCUT2D eigenvalue weighted by Gasteiger charge is 2.25. The van der Waals surface area contributed by atoms with Crippen LogP contribution in [-0.2, 0) is 33.5 Å². The molecule has 5 amide bonds. The predicted octanol–water partition coefficient (Wildman–Crippen LogP) is 15.6. The predicted molar refractivity (Wildman–Crippen MR) is 431 cm³/mol. The Hall–Kier alpha value is -13.7. The number of benzene rings is 7. The summed E-state index contributed by atoms with van der Waals surface area (Å²) in [7, 11) is 3.14. The number of carbonyl (C=O) groups excluding carboxylic acids is 4. The molecule has 0 radical (unpaired) electrons. The van der Waals surface area contributed by atoms with Gasteiger partial charge in [-0.3, -0.25) is 20.2 Å². The topological polar surface area (TPSA) is 338 Å². The standard InChI is InChI=1S/C39H41N9O4.C24H24N6O3.C21H23N3O2/c1-25-10-12-27(13-11-25)48-36(21-33(47-48)39(2,3)4)46-38(50)44-30-14-15-32(29-9-7-6-8-28(29)30)52-24-26-16-17-40-34(20-26)45-35-23-42-31(22-43-35)37(49)41-18-19-51-5;1-32-11-10-27-24(31)20-13-29-23(14-28-20)30-22-12-16(8-9-26-22)15-33-21-7-6-19(25)17-4-2-3-5-18(17)21;1-15-10-12-16(13-11-15)24-19(14-18(23-24)21(2,3)4)22-20(25)26-17-8-6-5-7-9-17/h6-17,20-23H,18-19,24H2,1-5H3,(H,41,49)(H,40,43,45)(H2,44,46,50);2-9,12-14H,10-11,15,25H2,1H3,(H,27,31)(H,26,29,30);5-14H,1-4H3,(H,22,25). The number of methoxy groups -OCH3 is 2. The fourth-order valence-electron chi connectivity index (χ4n) is 10.9. The number of nitrogen functional groups attached to an aromatic ring is 1. The third-order valence-corrected chi connectivity index (χ3v) is 16.9. The molecule has 0 unspecified atom stereocenters. The Bertz CT molecular complexity index is 5320. The Morgan fingerprint density at radius 1 is 0.450 bits per heavy atom. The Morgan fingerprint density at radius 2 is 0.901 bits per heavy atom. The molecule has 0 aliphatic rings. The summed E-state index contributed by atoms with van der Waals surface area (Å²) in [5.74, 6) is 4.44. The van der Waals surface area contributed by atoms with Gasteiger partial charge in [-0.25, -0.2) is 48.9 Å². The monoisotopic (exact) mass is 1490 g/mol. The number of amides is 5. The molecule has 6 heterocycles. The van der Waals surface area contributed by atoms with Crippen molar-refractivity contribution in [2.24, 2.45) is 0 Å². The van der Waals surface area contributed by atoms with E-state index in [0.717, 1.165) is 72.3 Å². The number of ether oxygens (including phenoxy) is 5. The minimum Gasteiger partial charge on any atom is -0.488 e. The maximum Gasteiger partial charge on any atom is 0.418 e. The molecule has 0 aliphatic carbocycles. The lowest BCUT2D eigenvalue weighted by atomic mass is 9.92. The van der Waals surface area contributed by atoms with E-state index in [1.54, 1.807) is 48.1 Å². The van der Waals surface area contributed by atoms with Crippen LogP contribution in [0.4, 0.5) is 55.9 Å². The lowest BCUT2D eigenvalue weighted by Gasteiger charge is -2.15. The number of aromatic nitrogens is 10. The van der Waals surface area contributed by atoms with Gasteiger partial charge in [0.2, 0.25) is 0 Å². The van der Waals surface area contributed by atoms with Crippen molar-refractivity contribution in [2.45, 2.75) is 79.4 Å². The highest BCUT2D eigenvalue weighted by molar-refractivity contribution is 6.07. The number of nitrogens with zero attached hydrogens (tertiary/aromatic N) is 10. The lowest BCUT2D eigenvalue weighted by molar-refractivity contribution is 0.0924. The van der Waals surface area contributed by atoms with E-state index in [9.17, 15) is 19.2 Å². The average molecular weight is 1490 g/mol. The molecule has 0 atom stereocenters. The van der Waals surface area contributed by atoms with Crippen molar-refractivity contribution >= 4 is 91.8 Å². The van der Waals surface area contributed by atoms with Gasteiger partial charge in [-0.1, -0.05) is 144 Å². The van der Waals surface area contributed by atoms with Gasteiger partial charge < -0.3 is 56.0 Å². The second-order valence-electron chi connectivity index (χ2n) is 27.6. The van der Waals surface area contributed by atoms with Crippen molar-refractivity contribution in [1.82, 2.24) is 60.1 Å². The summed E-state index contributed by atoms with van der Waals surface area (Å²) in [5, 5.41) is 33.5. The Balaban J connectivity index is 0.000000177. The Labute approximate surface area is 642 Å². The summed E-state index contributed by atoms with van der Waals surface area (Å²) in [6.45, 7) is 18.8. The molecule has 0 aliphatic heterocycles. The number of pyridine rings is 2. The third kappa shape index (κ3) is 21.8. The first-order chi connectivity index (χ1) is 53.5. The molecule has 0 saturated heterocycles. The van der Waals surface area contributed by atoms with Gasteiger partial charge in [0.15, 0.2) is 0 Å². The van der Waals surface area contributed by atoms with Gasteiger partial charge in [0, 0.05) is 89.9 Å². The van der Waals surface area contributed by atoms with Crippen LogP contribution in [0.3, 0.4) is 0 Å². The number of anilines is 8. The van der Waals surface area contributed by atoms with Crippen molar-refractivity contribution < 1.29 is 42.9 Å². The van der Waals surface area contributed by atoms with Crippen LogP contribution in [0.5, 0.6) is 17.2 Å². The quantitative estimate of drug-likeness (QED) is 0.0206. The number of hydrogen-bond donors (Lipinski definition) is 8. The van der Waals surface area contributed by atoms with Crippen LogP contribution >= 0.6 is 0 Å². The Kier molecular flexibility index (Phi) is 26.0. The minimum atomic E-state index is -0.551. The molecule has 13 aromatic rings. The van der Waals surface area contributed by atoms with Crippen LogP contribution in [0, 0.1) is 13.8 Å². The summed E-state index contributed by atoms with van der Waals surface area (Å²) in [6, 6.07) is 58.8. The molecule has 27 nitrogen and oxygen atoms in total. The van der Waals surface area contributed by atoms with E-state index in [0.29, 0.717) is 90.7 Å². The molecule has 9 N–H and O–H groups in total. The number of carbonyl (C=O) groups is 4. The molecule has 13 rings (SSSR count). The fourth-order valence-corrected chi connectivity index (χ4v) is 10.9. The van der Waals surface area contributed by atoms with E-state index in [-0.39, 0.29) is 40.6 Å². The molecule has 27 heteroatoms. The van der Waals surface area contributed by atoms with Gasteiger partial charge in [0.05, 0.1) is 66.5 Å². The molecule has 111 heavy (non-hydrogen) atoms. The summed E-state index contributed by atoms with van der Waals surface area (Å²) in [6.07, 6.45) is 8.57. The zero-order valence-electron chi connectivity index (χ0n) is 63.3. The maximum absolute atomic E-state index is 13.4. The maximum atomic E-state index is 13.4. The first-order valence-electron chi connectivity index (χ1n) is 35.7. The highest BCUT2D eigenvalue weighted by atomic mass is 16.6. The molecule has 0 spiro atoms. The number of fused-ring (bicyclic) bond motifs is 2. The first kappa shape index (κ1) is 78.4. The number of nitrogens with two attached hydrogens (primary N) is 1. The third-order valence-electron chi connectivity index (χ3n) is 16.9. The van der Waals surface area contributed by atoms with Gasteiger partial charge in [-0.05, 0) is 110 Å². The van der Waals surface area contributed by atoms with E-state index >= 15 is 0 Å². The molecule has 568 valence electrons. The Morgan fingerprint density at radius 3 is 1.37 bits per heavy atom. The molecular formula is C84H88N18O9. The van der Waals surface area contributed by atoms with Crippen LogP contribution in [0.1, 0.15) is 96.2 Å². The lowest BCUT2D eigenvalue weighted by Crippen LogP contribution is -2.27. The summed E-state index contributed by atoms with van der Waals surface area (Å²) in [4.78, 5) is 75.5. The molecule has 0 bridgehead atoms. The van der Waals surface area contributed by atoms with Crippen LogP contribution < -0.4 is 57.2 Å². The second-order valence-corrected chi connectivity index (χ2v) is 27.6. The summed E-state index contributed by atoms with van der Waals surface area (Å²) in [5.41, 5.74) is 15.0. The van der Waals surface area contributed by atoms with E-state index in [2.05, 4.69) is 114 Å². The van der Waals surface area contributed by atoms with E-state index in [1.807, 2.05) is 190 Å². The van der Waals surface area contributed by atoms with Gasteiger partial charge in [0.25, 0.3) is 11.8 Å². The van der Waals surface area contributed by atoms with Crippen molar-refractivity contribution in [3.8, 4) is 28.6 Å². The van der Waals surface area contributed by atoms with Crippen LogP contribution in [-0.4, -0.2) is 114 Å². The van der Waals surface area contributed by atoms with Gasteiger partial charge in [0.1, 0.15) is 76.8 Å². The van der Waals surface area contributed by atoms with Crippen molar-refractivity contribution in [1.29, 1.82) is 0 Å². The zero-order chi connectivity index (χ0) is 78.4. The van der Waals surface area contributed by atoms with Gasteiger partial charge >= 0.3 is 12.1 Å². The zero-order valence-corrected chi connectivity index (χ0v) is 63.3. The number of rotatable bonds is 24. The van der Waals surface area contributed by atoms with Crippen molar-refractivity contribution in [3.63, 3.8) is 0 Å². The van der Waals surface area contributed by atoms with E-state index in [4.69, 9.17) is 34.5 Å². The van der Waals surface area contributed by atoms with Crippen molar-refractivity contribution in [3.05, 3.63) is 270 Å². The van der Waals surface area contributed by atoms with Crippen molar-refractivity contribution in [2.75, 3.05) is 72.8 Å². The average Bonchev–Trinajstić information content (AvgIpc) is 1.48. The largest absolute Gasteiger partial charge is 0.488 e. The fraction of sp³-hybridized carbons (Fsp3) is 0.214. The molecule has 7 aromatic carbocycles. The van der Waals surface area contributed by atoms with Gasteiger partial charge in [-0.15, -0.1) is 0 Å². The van der Waals surface area contributed by atoms with E-state index in [1.165, 1.54) is 24.8 Å².